The smallest absolute Gasteiger partial charge is 0.231 e. The van der Waals surface area contributed by atoms with Gasteiger partial charge in [0.1, 0.15) is 16.9 Å². The van der Waals surface area contributed by atoms with Gasteiger partial charge in [0.2, 0.25) is 17.6 Å². The zero-order valence-corrected chi connectivity index (χ0v) is 14.0. The number of aryl methyl sites for hydroxylation is 2. The van der Waals surface area contributed by atoms with Crippen LogP contribution in [-0.2, 0) is 6.42 Å². The molecule has 0 aliphatic heterocycles. The first-order chi connectivity index (χ1) is 11.7. The second-order valence-electron chi connectivity index (χ2n) is 5.23. The lowest BCUT2D eigenvalue weighted by Crippen LogP contribution is -1.89. The van der Waals surface area contributed by atoms with Crippen LogP contribution in [0.25, 0.3) is 21.6 Å². The molecule has 7 heteroatoms. The van der Waals surface area contributed by atoms with E-state index in [1.807, 2.05) is 24.3 Å². The first kappa shape index (κ1) is 14.8. The van der Waals surface area contributed by atoms with Crippen LogP contribution in [0.3, 0.4) is 0 Å². The van der Waals surface area contributed by atoms with Gasteiger partial charge >= 0.3 is 0 Å². The number of fused-ring (bicyclic) bond motifs is 1. The van der Waals surface area contributed by atoms with E-state index in [9.17, 15) is 0 Å². The second-order valence-corrected chi connectivity index (χ2v) is 6.34. The van der Waals surface area contributed by atoms with Crippen molar-refractivity contribution in [3.05, 3.63) is 47.4 Å². The molecule has 0 saturated heterocycles. The van der Waals surface area contributed by atoms with E-state index in [2.05, 4.69) is 33.1 Å². The predicted octanol–water partition coefficient (Wildman–Crippen LogP) is 4.40. The van der Waals surface area contributed by atoms with E-state index in [0.29, 0.717) is 23.3 Å². The van der Waals surface area contributed by atoms with Gasteiger partial charge in [-0.05, 0) is 36.8 Å². The predicted molar refractivity (Wildman–Crippen MR) is 91.3 cm³/mol. The van der Waals surface area contributed by atoms with E-state index in [1.54, 1.807) is 18.3 Å². The van der Waals surface area contributed by atoms with Crippen molar-refractivity contribution in [2.75, 3.05) is 0 Å². The summed E-state index contributed by atoms with van der Waals surface area (Å²) in [5.41, 5.74) is 0.871. The van der Waals surface area contributed by atoms with Crippen LogP contribution in [0.15, 0.2) is 41.2 Å². The van der Waals surface area contributed by atoms with E-state index >= 15 is 0 Å². The highest BCUT2D eigenvalue weighted by Crippen LogP contribution is 2.32. The summed E-state index contributed by atoms with van der Waals surface area (Å²) in [5.74, 6) is 2.37. The zero-order chi connectivity index (χ0) is 16.5. The van der Waals surface area contributed by atoms with Gasteiger partial charge in [0.25, 0.3) is 0 Å². The minimum atomic E-state index is 0.540. The monoisotopic (exact) mass is 338 g/mol. The molecule has 1 aromatic carbocycles. The van der Waals surface area contributed by atoms with Gasteiger partial charge in [-0.25, -0.2) is 9.97 Å². The fourth-order valence-corrected chi connectivity index (χ4v) is 3.26. The maximum Gasteiger partial charge on any atom is 0.231 e. The van der Waals surface area contributed by atoms with Crippen LogP contribution < -0.4 is 4.74 Å². The molecule has 0 fully saturated rings. The molecule has 0 atom stereocenters. The molecule has 0 saturated carbocycles. The van der Waals surface area contributed by atoms with Gasteiger partial charge in [-0.2, -0.15) is 4.98 Å². The first-order valence-electron chi connectivity index (χ1n) is 7.55. The Morgan fingerprint density at radius 1 is 1.17 bits per heavy atom. The maximum atomic E-state index is 5.94. The van der Waals surface area contributed by atoms with Gasteiger partial charge in [0.05, 0.1) is 5.39 Å². The van der Waals surface area contributed by atoms with Crippen molar-refractivity contribution in [1.82, 2.24) is 20.1 Å². The van der Waals surface area contributed by atoms with Crippen molar-refractivity contribution < 1.29 is 9.26 Å². The Hall–Kier alpha value is -2.80. The molecule has 4 rings (SSSR count). The third kappa shape index (κ3) is 2.74. The largest absolute Gasteiger partial charge is 0.438 e. The Morgan fingerprint density at radius 3 is 2.71 bits per heavy atom. The average Bonchev–Trinajstić information content (AvgIpc) is 3.22. The molecular weight excluding hydrogens is 324 g/mol. The highest BCUT2D eigenvalue weighted by atomic mass is 32.1. The van der Waals surface area contributed by atoms with Gasteiger partial charge in [0.15, 0.2) is 0 Å². The number of ether oxygens (including phenoxy) is 1. The Labute approximate surface area is 142 Å². The van der Waals surface area contributed by atoms with E-state index < -0.39 is 0 Å². The number of hydrogen-bond donors (Lipinski definition) is 0. The molecule has 3 heterocycles. The highest BCUT2D eigenvalue weighted by molar-refractivity contribution is 7.18. The summed E-state index contributed by atoms with van der Waals surface area (Å²) in [7, 11) is 0. The van der Waals surface area contributed by atoms with Crippen LogP contribution in [0.1, 0.15) is 17.7 Å². The second kappa shape index (κ2) is 6.01. The summed E-state index contributed by atoms with van der Waals surface area (Å²) < 4.78 is 10.9. The summed E-state index contributed by atoms with van der Waals surface area (Å²) in [6, 6.07) is 9.60. The lowest BCUT2D eigenvalue weighted by molar-refractivity contribution is 0.394. The van der Waals surface area contributed by atoms with E-state index in [1.165, 1.54) is 11.2 Å². The van der Waals surface area contributed by atoms with Crippen LogP contribution in [0.2, 0.25) is 0 Å². The number of hydrogen-bond acceptors (Lipinski definition) is 7. The van der Waals surface area contributed by atoms with Crippen molar-refractivity contribution in [2.24, 2.45) is 0 Å². The minimum Gasteiger partial charge on any atom is -0.438 e. The summed E-state index contributed by atoms with van der Waals surface area (Å²) in [6.45, 7) is 3.89. The molecule has 0 amide bonds. The van der Waals surface area contributed by atoms with Crippen LogP contribution in [0.4, 0.5) is 0 Å². The molecule has 0 spiro atoms. The lowest BCUT2D eigenvalue weighted by atomic mass is 10.2. The molecule has 0 aliphatic carbocycles. The van der Waals surface area contributed by atoms with Gasteiger partial charge in [-0.15, -0.1) is 11.3 Å². The molecule has 0 radical (unpaired) electrons. The number of nitrogens with zero attached hydrogens (tertiary/aromatic N) is 4. The first-order valence-corrected chi connectivity index (χ1v) is 8.36. The molecule has 0 bridgehead atoms. The fourth-order valence-electron chi connectivity index (χ4n) is 2.34. The summed E-state index contributed by atoms with van der Waals surface area (Å²) in [4.78, 5) is 15.0. The number of aromatic nitrogens is 4. The molecule has 0 unspecified atom stereocenters. The molecule has 120 valence electrons. The van der Waals surface area contributed by atoms with Gasteiger partial charge in [-0.1, -0.05) is 12.1 Å². The number of thiophene rings is 1. The van der Waals surface area contributed by atoms with Crippen LogP contribution in [0.5, 0.6) is 11.6 Å². The van der Waals surface area contributed by atoms with Crippen molar-refractivity contribution in [3.63, 3.8) is 0 Å². The fraction of sp³-hybridized carbons (Fsp3) is 0.176. The number of rotatable bonds is 4. The van der Waals surface area contributed by atoms with Crippen LogP contribution >= 0.6 is 11.3 Å². The van der Waals surface area contributed by atoms with E-state index in [0.717, 1.165) is 22.2 Å². The lowest BCUT2D eigenvalue weighted by Gasteiger charge is -2.05. The quantitative estimate of drug-likeness (QED) is 0.549. The van der Waals surface area contributed by atoms with Crippen molar-refractivity contribution >= 4 is 21.6 Å². The van der Waals surface area contributed by atoms with Crippen molar-refractivity contribution in [2.45, 2.75) is 20.3 Å². The molecule has 24 heavy (non-hydrogen) atoms. The van der Waals surface area contributed by atoms with Gasteiger partial charge in [0, 0.05) is 17.4 Å². The average molecular weight is 338 g/mol. The summed E-state index contributed by atoms with van der Waals surface area (Å²) in [6.07, 6.45) is 2.50. The maximum absolute atomic E-state index is 5.94. The molecule has 3 aromatic heterocycles. The Kier molecular flexibility index (Phi) is 3.70. The summed E-state index contributed by atoms with van der Waals surface area (Å²) >= 11 is 1.67. The Bertz CT molecular complexity index is 991. The Balaban J connectivity index is 1.62. The third-order valence-electron chi connectivity index (χ3n) is 3.55. The number of benzene rings is 1. The van der Waals surface area contributed by atoms with Crippen molar-refractivity contribution in [3.8, 4) is 23.0 Å². The molecular formula is C17H14N4O2S. The molecule has 0 aliphatic rings. The minimum absolute atomic E-state index is 0.540. The van der Waals surface area contributed by atoms with Crippen molar-refractivity contribution in [1.29, 1.82) is 0 Å². The topological polar surface area (TPSA) is 73.9 Å². The molecule has 6 nitrogen and oxygen atoms in total. The zero-order valence-electron chi connectivity index (χ0n) is 13.2. The van der Waals surface area contributed by atoms with Crippen LogP contribution in [0, 0.1) is 6.92 Å². The van der Waals surface area contributed by atoms with E-state index in [4.69, 9.17) is 9.26 Å². The van der Waals surface area contributed by atoms with Crippen LogP contribution in [-0.4, -0.2) is 20.1 Å². The molecule has 0 N–H and O–H groups in total. The van der Waals surface area contributed by atoms with Gasteiger partial charge < -0.3 is 9.26 Å². The summed E-state index contributed by atoms with van der Waals surface area (Å²) in [5, 5.41) is 4.85. The van der Waals surface area contributed by atoms with E-state index in [-0.39, 0.29) is 0 Å². The Morgan fingerprint density at radius 2 is 2.00 bits per heavy atom. The molecule has 4 aromatic rings. The highest BCUT2D eigenvalue weighted by Gasteiger charge is 2.11. The third-order valence-corrected chi connectivity index (χ3v) is 4.73. The SMILES string of the molecule is CCc1cc2c(Oc3ccc(-c4noc(C)n4)cc3)ncnc2s1. The van der Waals surface area contributed by atoms with Gasteiger partial charge in [-0.3, -0.25) is 0 Å². The standard InChI is InChI=1S/C17H14N4O2S/c1-3-13-8-14-16(18-9-19-17(14)24-13)22-12-6-4-11(5-7-12)15-20-10(2)23-21-15/h4-9H,3H2,1-2H3. The normalized spacial score (nSPS) is 11.1.